The molecule has 17 heavy (non-hydrogen) atoms. The van der Waals surface area contributed by atoms with Crippen LogP contribution in [0.1, 0.15) is 37.0 Å². The van der Waals surface area contributed by atoms with Crippen molar-refractivity contribution in [3.05, 3.63) is 28.8 Å². The van der Waals surface area contributed by atoms with Gasteiger partial charge in [-0.2, -0.15) is 5.26 Å². The fourth-order valence-corrected chi connectivity index (χ4v) is 1.65. The molecule has 0 radical (unpaired) electrons. The van der Waals surface area contributed by atoms with E-state index >= 15 is 0 Å². The second-order valence-electron chi connectivity index (χ2n) is 4.96. The van der Waals surface area contributed by atoms with Gasteiger partial charge in [0.05, 0.1) is 23.8 Å². The fraction of sp³-hybridized carbons (Fsp3) is 0.500. The maximum absolute atomic E-state index is 9.59. The van der Waals surface area contributed by atoms with Gasteiger partial charge in [-0.05, 0) is 51.0 Å². The second kappa shape index (κ2) is 5.20. The van der Waals surface area contributed by atoms with Crippen LogP contribution in [0.25, 0.3) is 0 Å². The summed E-state index contributed by atoms with van der Waals surface area (Å²) in [6, 6.07) is 5.74. The highest BCUT2D eigenvalue weighted by Gasteiger charge is 2.13. The fourth-order valence-electron chi connectivity index (χ4n) is 1.65. The van der Waals surface area contributed by atoms with Crippen LogP contribution >= 0.6 is 0 Å². The van der Waals surface area contributed by atoms with Gasteiger partial charge in [-0.25, -0.2) is 0 Å². The van der Waals surface area contributed by atoms with Gasteiger partial charge in [0.2, 0.25) is 0 Å². The van der Waals surface area contributed by atoms with Crippen molar-refractivity contribution in [3.63, 3.8) is 0 Å². The van der Waals surface area contributed by atoms with Crippen molar-refractivity contribution in [1.82, 2.24) is 0 Å². The van der Waals surface area contributed by atoms with Crippen LogP contribution < -0.4 is 4.74 Å². The number of nitriles is 1. The number of rotatable bonds is 4. The molecule has 0 saturated heterocycles. The molecule has 0 unspecified atom stereocenters. The molecule has 3 heteroatoms. The van der Waals surface area contributed by atoms with E-state index < -0.39 is 5.60 Å². The van der Waals surface area contributed by atoms with E-state index in [-0.39, 0.29) is 0 Å². The summed E-state index contributed by atoms with van der Waals surface area (Å²) in [5.41, 5.74) is 1.85. The van der Waals surface area contributed by atoms with E-state index in [1.165, 1.54) is 0 Å². The van der Waals surface area contributed by atoms with Gasteiger partial charge >= 0.3 is 0 Å². The van der Waals surface area contributed by atoms with E-state index in [0.29, 0.717) is 18.6 Å². The summed E-state index contributed by atoms with van der Waals surface area (Å²) >= 11 is 0. The summed E-state index contributed by atoms with van der Waals surface area (Å²) in [5, 5.41) is 18.4. The lowest BCUT2D eigenvalue weighted by atomic mass is 10.1. The Kier molecular flexibility index (Phi) is 4.14. The van der Waals surface area contributed by atoms with Crippen LogP contribution in [0.2, 0.25) is 0 Å². The molecule has 0 aliphatic heterocycles. The predicted molar refractivity (Wildman–Crippen MR) is 67.0 cm³/mol. The Hall–Kier alpha value is -1.53. The molecule has 0 amide bonds. The predicted octanol–water partition coefficient (Wildman–Crippen LogP) is 2.71. The SMILES string of the molecule is Cc1cc(C#N)cc(C)c1OCCC(C)(C)O. The van der Waals surface area contributed by atoms with Gasteiger partial charge < -0.3 is 9.84 Å². The molecule has 1 rings (SSSR count). The van der Waals surface area contributed by atoms with Crippen LogP contribution in [0, 0.1) is 25.2 Å². The van der Waals surface area contributed by atoms with Crippen molar-refractivity contribution < 1.29 is 9.84 Å². The van der Waals surface area contributed by atoms with Gasteiger partial charge in [0.25, 0.3) is 0 Å². The normalized spacial score (nSPS) is 11.1. The van der Waals surface area contributed by atoms with E-state index in [1.54, 1.807) is 13.8 Å². The first kappa shape index (κ1) is 13.5. The Morgan fingerprint density at radius 1 is 1.29 bits per heavy atom. The summed E-state index contributed by atoms with van der Waals surface area (Å²) in [6.07, 6.45) is 0.575. The number of aliphatic hydroxyl groups is 1. The van der Waals surface area contributed by atoms with Crippen molar-refractivity contribution in [1.29, 1.82) is 5.26 Å². The monoisotopic (exact) mass is 233 g/mol. The third-order valence-corrected chi connectivity index (χ3v) is 2.55. The van der Waals surface area contributed by atoms with Crippen molar-refractivity contribution in [2.45, 2.75) is 39.7 Å². The summed E-state index contributed by atoms with van der Waals surface area (Å²) in [6.45, 7) is 7.83. The number of hydrogen-bond donors (Lipinski definition) is 1. The molecule has 1 aromatic carbocycles. The number of aryl methyl sites for hydroxylation is 2. The van der Waals surface area contributed by atoms with Crippen molar-refractivity contribution in [3.8, 4) is 11.8 Å². The van der Waals surface area contributed by atoms with Crippen LogP contribution in [-0.4, -0.2) is 17.3 Å². The first-order valence-electron chi connectivity index (χ1n) is 5.70. The lowest BCUT2D eigenvalue weighted by molar-refractivity contribution is 0.0551. The number of nitrogens with zero attached hydrogens (tertiary/aromatic N) is 1. The molecule has 3 nitrogen and oxygen atoms in total. The molecular formula is C14H19NO2. The molecule has 0 spiro atoms. The van der Waals surface area contributed by atoms with E-state index in [4.69, 9.17) is 10.00 Å². The molecule has 1 N–H and O–H groups in total. The van der Waals surface area contributed by atoms with Gasteiger partial charge in [-0.15, -0.1) is 0 Å². The number of hydrogen-bond acceptors (Lipinski definition) is 3. The van der Waals surface area contributed by atoms with Gasteiger partial charge in [0.1, 0.15) is 5.75 Å². The number of benzene rings is 1. The van der Waals surface area contributed by atoms with E-state index in [1.807, 2.05) is 26.0 Å². The van der Waals surface area contributed by atoms with Crippen molar-refractivity contribution >= 4 is 0 Å². The maximum atomic E-state index is 9.59. The maximum Gasteiger partial charge on any atom is 0.125 e. The lowest BCUT2D eigenvalue weighted by Crippen LogP contribution is -2.22. The first-order valence-corrected chi connectivity index (χ1v) is 5.70. The van der Waals surface area contributed by atoms with Crippen LogP contribution in [0.5, 0.6) is 5.75 Å². The molecule has 0 aliphatic rings. The first-order chi connectivity index (χ1) is 7.83. The second-order valence-corrected chi connectivity index (χ2v) is 4.96. The zero-order valence-electron chi connectivity index (χ0n) is 10.9. The molecular weight excluding hydrogens is 214 g/mol. The molecule has 0 heterocycles. The van der Waals surface area contributed by atoms with Crippen LogP contribution in [0.4, 0.5) is 0 Å². The largest absolute Gasteiger partial charge is 0.493 e. The van der Waals surface area contributed by atoms with Gasteiger partial charge in [-0.1, -0.05) is 0 Å². The highest BCUT2D eigenvalue weighted by atomic mass is 16.5. The molecule has 92 valence electrons. The Balaban J connectivity index is 2.76. The highest BCUT2D eigenvalue weighted by Crippen LogP contribution is 2.25. The molecule has 1 aromatic rings. The van der Waals surface area contributed by atoms with Gasteiger partial charge in [0.15, 0.2) is 0 Å². The Morgan fingerprint density at radius 3 is 2.24 bits per heavy atom. The summed E-state index contributed by atoms with van der Waals surface area (Å²) < 4.78 is 5.67. The summed E-state index contributed by atoms with van der Waals surface area (Å²) in [4.78, 5) is 0. The Labute approximate surface area is 103 Å². The standard InChI is InChI=1S/C14H19NO2/c1-10-7-12(9-15)8-11(2)13(10)17-6-5-14(3,4)16/h7-8,16H,5-6H2,1-4H3. The molecule has 0 atom stereocenters. The van der Waals surface area contributed by atoms with Crippen molar-refractivity contribution in [2.24, 2.45) is 0 Å². The topological polar surface area (TPSA) is 53.2 Å². The average Bonchev–Trinajstić information content (AvgIpc) is 2.20. The van der Waals surface area contributed by atoms with Gasteiger partial charge in [0, 0.05) is 6.42 Å². The minimum absolute atomic E-state index is 0.469. The van der Waals surface area contributed by atoms with E-state index in [2.05, 4.69) is 6.07 Å². The molecule has 0 aliphatic carbocycles. The smallest absolute Gasteiger partial charge is 0.125 e. The Morgan fingerprint density at radius 2 is 1.82 bits per heavy atom. The third-order valence-electron chi connectivity index (χ3n) is 2.55. The average molecular weight is 233 g/mol. The molecule has 0 bridgehead atoms. The zero-order valence-corrected chi connectivity index (χ0v) is 10.9. The van der Waals surface area contributed by atoms with Crippen molar-refractivity contribution in [2.75, 3.05) is 6.61 Å². The van der Waals surface area contributed by atoms with E-state index in [0.717, 1.165) is 16.9 Å². The minimum atomic E-state index is -0.714. The third kappa shape index (κ3) is 4.08. The van der Waals surface area contributed by atoms with Gasteiger partial charge in [-0.3, -0.25) is 0 Å². The molecule has 0 aromatic heterocycles. The van der Waals surface area contributed by atoms with Crippen LogP contribution in [-0.2, 0) is 0 Å². The number of ether oxygens (including phenoxy) is 1. The zero-order chi connectivity index (χ0) is 13.1. The summed E-state index contributed by atoms with van der Waals surface area (Å²) in [5.74, 6) is 0.813. The summed E-state index contributed by atoms with van der Waals surface area (Å²) in [7, 11) is 0. The van der Waals surface area contributed by atoms with Crippen LogP contribution in [0.3, 0.4) is 0 Å². The molecule has 0 saturated carbocycles. The molecule has 0 fully saturated rings. The van der Waals surface area contributed by atoms with E-state index in [9.17, 15) is 5.11 Å². The minimum Gasteiger partial charge on any atom is -0.493 e. The Bertz CT molecular complexity index is 416. The van der Waals surface area contributed by atoms with Crippen LogP contribution in [0.15, 0.2) is 12.1 Å². The quantitative estimate of drug-likeness (QED) is 0.870. The lowest BCUT2D eigenvalue weighted by Gasteiger charge is -2.18. The highest BCUT2D eigenvalue weighted by molar-refractivity contribution is 5.47.